The Morgan fingerprint density at radius 1 is 1.31 bits per heavy atom. The Bertz CT molecular complexity index is 182. The topological polar surface area (TPSA) is 29.3 Å². The van der Waals surface area contributed by atoms with Gasteiger partial charge in [0.25, 0.3) is 0 Å². The van der Waals surface area contributed by atoms with Gasteiger partial charge in [0.2, 0.25) is 0 Å². The lowest BCUT2D eigenvalue weighted by atomic mass is 9.94. The van der Waals surface area contributed by atoms with Crippen molar-refractivity contribution in [3.05, 3.63) is 0 Å². The van der Waals surface area contributed by atoms with E-state index < -0.39 is 0 Å². The van der Waals surface area contributed by atoms with Crippen molar-refractivity contribution in [3.8, 4) is 0 Å². The standard InChI is InChI=1S/C14H30N2/c1-4-6-7-13(5-2)10-16-11-14(15)9-8-12(16)3/h12-14H,4-11,15H2,1-3H3. The Balaban J connectivity index is 2.36. The zero-order chi connectivity index (χ0) is 12.0. The van der Waals surface area contributed by atoms with Crippen LogP contribution in [0.4, 0.5) is 0 Å². The maximum atomic E-state index is 6.06. The molecular weight excluding hydrogens is 196 g/mol. The first kappa shape index (κ1) is 14.0. The van der Waals surface area contributed by atoms with E-state index in [9.17, 15) is 0 Å². The van der Waals surface area contributed by atoms with E-state index >= 15 is 0 Å². The molecule has 1 rings (SSSR count). The second-order valence-electron chi connectivity index (χ2n) is 5.56. The van der Waals surface area contributed by atoms with Crippen LogP contribution in [0.2, 0.25) is 0 Å². The third kappa shape index (κ3) is 4.42. The van der Waals surface area contributed by atoms with Crippen LogP contribution in [-0.2, 0) is 0 Å². The van der Waals surface area contributed by atoms with Crippen LogP contribution in [0.5, 0.6) is 0 Å². The first-order valence-electron chi connectivity index (χ1n) is 7.17. The van der Waals surface area contributed by atoms with Crippen LogP contribution in [-0.4, -0.2) is 30.1 Å². The summed E-state index contributed by atoms with van der Waals surface area (Å²) in [6.45, 7) is 9.36. The van der Waals surface area contributed by atoms with Crippen LogP contribution < -0.4 is 5.73 Å². The van der Waals surface area contributed by atoms with E-state index in [4.69, 9.17) is 5.73 Å². The van der Waals surface area contributed by atoms with Crippen LogP contribution in [0.25, 0.3) is 0 Å². The molecule has 2 N–H and O–H groups in total. The monoisotopic (exact) mass is 226 g/mol. The van der Waals surface area contributed by atoms with E-state index in [1.807, 2.05) is 0 Å². The second kappa shape index (κ2) is 7.29. The minimum atomic E-state index is 0.417. The minimum absolute atomic E-state index is 0.417. The SMILES string of the molecule is CCCCC(CC)CN1CC(N)CCC1C. The summed E-state index contributed by atoms with van der Waals surface area (Å²) in [5, 5.41) is 0. The highest BCUT2D eigenvalue weighted by Gasteiger charge is 2.24. The number of nitrogens with two attached hydrogens (primary N) is 1. The lowest BCUT2D eigenvalue weighted by Gasteiger charge is -2.38. The third-order valence-corrected chi connectivity index (χ3v) is 4.08. The molecule has 0 aromatic heterocycles. The fourth-order valence-electron chi connectivity index (χ4n) is 2.71. The Kier molecular flexibility index (Phi) is 6.37. The smallest absolute Gasteiger partial charge is 0.0168 e. The molecule has 1 saturated heterocycles. The molecule has 16 heavy (non-hydrogen) atoms. The van der Waals surface area contributed by atoms with E-state index in [1.165, 1.54) is 45.1 Å². The van der Waals surface area contributed by atoms with Crippen molar-refractivity contribution in [2.45, 2.75) is 71.4 Å². The van der Waals surface area contributed by atoms with Crippen LogP contribution in [0.15, 0.2) is 0 Å². The highest BCUT2D eigenvalue weighted by Crippen LogP contribution is 2.21. The lowest BCUT2D eigenvalue weighted by Crippen LogP contribution is -2.49. The van der Waals surface area contributed by atoms with Crippen LogP contribution >= 0.6 is 0 Å². The molecule has 2 heteroatoms. The quantitative estimate of drug-likeness (QED) is 0.754. The fourth-order valence-corrected chi connectivity index (χ4v) is 2.71. The van der Waals surface area contributed by atoms with Gasteiger partial charge in [-0.15, -0.1) is 0 Å². The average Bonchev–Trinajstić information content (AvgIpc) is 2.28. The first-order valence-corrected chi connectivity index (χ1v) is 7.17. The van der Waals surface area contributed by atoms with Gasteiger partial charge in [-0.2, -0.15) is 0 Å². The largest absolute Gasteiger partial charge is 0.327 e. The van der Waals surface area contributed by atoms with Crippen molar-refractivity contribution >= 4 is 0 Å². The zero-order valence-electron chi connectivity index (χ0n) is 11.4. The van der Waals surface area contributed by atoms with E-state index in [0.717, 1.165) is 18.5 Å². The molecule has 1 aliphatic heterocycles. The van der Waals surface area contributed by atoms with Gasteiger partial charge in [-0.1, -0.05) is 33.1 Å². The van der Waals surface area contributed by atoms with Crippen molar-refractivity contribution in [1.82, 2.24) is 4.90 Å². The van der Waals surface area contributed by atoms with E-state index in [2.05, 4.69) is 25.7 Å². The Hall–Kier alpha value is -0.0800. The molecule has 0 bridgehead atoms. The van der Waals surface area contributed by atoms with E-state index in [-0.39, 0.29) is 0 Å². The summed E-state index contributed by atoms with van der Waals surface area (Å²) in [7, 11) is 0. The molecule has 0 radical (unpaired) electrons. The van der Waals surface area contributed by atoms with Gasteiger partial charge in [0.15, 0.2) is 0 Å². The summed E-state index contributed by atoms with van der Waals surface area (Å²) < 4.78 is 0. The summed E-state index contributed by atoms with van der Waals surface area (Å²) in [6.07, 6.45) is 7.91. The van der Waals surface area contributed by atoms with Crippen molar-refractivity contribution in [2.75, 3.05) is 13.1 Å². The number of unbranched alkanes of at least 4 members (excludes halogenated alkanes) is 1. The normalized spacial score (nSPS) is 29.2. The summed E-state index contributed by atoms with van der Waals surface area (Å²) in [5.41, 5.74) is 6.06. The summed E-state index contributed by atoms with van der Waals surface area (Å²) in [4.78, 5) is 2.62. The molecule has 96 valence electrons. The maximum absolute atomic E-state index is 6.06. The number of likely N-dealkylation sites (tertiary alicyclic amines) is 1. The Labute approximate surface area is 102 Å². The predicted molar refractivity (Wildman–Crippen MR) is 71.6 cm³/mol. The molecule has 0 aliphatic carbocycles. The number of hydrogen-bond donors (Lipinski definition) is 1. The predicted octanol–water partition coefficient (Wildman–Crippen LogP) is 3.01. The van der Waals surface area contributed by atoms with E-state index in [1.54, 1.807) is 0 Å². The number of piperidine rings is 1. The molecule has 1 heterocycles. The van der Waals surface area contributed by atoms with Crippen molar-refractivity contribution in [1.29, 1.82) is 0 Å². The molecule has 0 spiro atoms. The van der Waals surface area contributed by atoms with Gasteiger partial charge in [-0.25, -0.2) is 0 Å². The first-order chi connectivity index (χ1) is 7.67. The van der Waals surface area contributed by atoms with Gasteiger partial charge in [-0.3, -0.25) is 4.90 Å². The highest BCUT2D eigenvalue weighted by atomic mass is 15.2. The molecule has 0 aromatic rings. The zero-order valence-corrected chi connectivity index (χ0v) is 11.4. The van der Waals surface area contributed by atoms with Crippen molar-refractivity contribution < 1.29 is 0 Å². The number of nitrogens with zero attached hydrogens (tertiary/aromatic N) is 1. The molecular formula is C14H30N2. The number of rotatable bonds is 6. The molecule has 1 aliphatic rings. The van der Waals surface area contributed by atoms with Gasteiger partial charge in [0.05, 0.1) is 0 Å². The third-order valence-electron chi connectivity index (χ3n) is 4.08. The van der Waals surface area contributed by atoms with Gasteiger partial charge in [0, 0.05) is 25.2 Å². The van der Waals surface area contributed by atoms with Gasteiger partial charge in [-0.05, 0) is 32.1 Å². The molecule has 0 amide bonds. The molecule has 1 fully saturated rings. The van der Waals surface area contributed by atoms with Crippen LogP contribution in [0.3, 0.4) is 0 Å². The van der Waals surface area contributed by atoms with Crippen LogP contribution in [0.1, 0.15) is 59.3 Å². The highest BCUT2D eigenvalue weighted by molar-refractivity contribution is 4.82. The maximum Gasteiger partial charge on any atom is 0.0168 e. The number of hydrogen-bond acceptors (Lipinski definition) is 2. The minimum Gasteiger partial charge on any atom is -0.327 e. The second-order valence-corrected chi connectivity index (χ2v) is 5.56. The van der Waals surface area contributed by atoms with Gasteiger partial charge < -0.3 is 5.73 Å². The lowest BCUT2D eigenvalue weighted by molar-refractivity contribution is 0.119. The summed E-state index contributed by atoms with van der Waals surface area (Å²) in [6, 6.07) is 1.16. The van der Waals surface area contributed by atoms with Crippen molar-refractivity contribution in [2.24, 2.45) is 11.7 Å². The molecule has 0 saturated carbocycles. The Morgan fingerprint density at radius 3 is 2.69 bits per heavy atom. The van der Waals surface area contributed by atoms with E-state index in [0.29, 0.717) is 6.04 Å². The average molecular weight is 226 g/mol. The Morgan fingerprint density at radius 2 is 2.06 bits per heavy atom. The van der Waals surface area contributed by atoms with Gasteiger partial charge in [0.1, 0.15) is 0 Å². The molecule has 0 aromatic carbocycles. The summed E-state index contributed by atoms with van der Waals surface area (Å²) in [5.74, 6) is 0.882. The molecule has 2 nitrogen and oxygen atoms in total. The molecule has 3 unspecified atom stereocenters. The van der Waals surface area contributed by atoms with Crippen LogP contribution in [0, 0.1) is 5.92 Å². The molecule has 3 atom stereocenters. The summed E-state index contributed by atoms with van der Waals surface area (Å²) >= 11 is 0. The van der Waals surface area contributed by atoms with Crippen molar-refractivity contribution in [3.63, 3.8) is 0 Å². The fraction of sp³-hybridized carbons (Fsp3) is 1.00. The van der Waals surface area contributed by atoms with Gasteiger partial charge >= 0.3 is 0 Å².